The lowest BCUT2D eigenvalue weighted by atomic mass is 9.87. The van der Waals surface area contributed by atoms with Crippen LogP contribution in [0, 0.1) is 12.7 Å². The van der Waals surface area contributed by atoms with Gasteiger partial charge in [-0.05, 0) is 48.6 Å². The van der Waals surface area contributed by atoms with Gasteiger partial charge >= 0.3 is 0 Å². The normalized spacial score (nSPS) is 11.4. The second-order valence-electron chi connectivity index (χ2n) is 8.87. The van der Waals surface area contributed by atoms with Gasteiger partial charge in [-0.15, -0.1) is 5.10 Å². The first-order valence-electron chi connectivity index (χ1n) is 11.0. The molecule has 176 valence electrons. The Morgan fingerprint density at radius 2 is 1.88 bits per heavy atom. The number of anilines is 1. The van der Waals surface area contributed by atoms with Crippen molar-refractivity contribution in [1.29, 1.82) is 0 Å². The van der Waals surface area contributed by atoms with Gasteiger partial charge in [-0.2, -0.15) is 0 Å². The van der Waals surface area contributed by atoms with Gasteiger partial charge in [0.25, 0.3) is 5.91 Å². The van der Waals surface area contributed by atoms with Crippen LogP contribution < -0.4 is 14.8 Å². The molecule has 0 fully saturated rings. The second-order valence-corrected chi connectivity index (χ2v) is 8.87. The molecule has 1 heterocycles. The van der Waals surface area contributed by atoms with Gasteiger partial charge in [0.15, 0.2) is 5.69 Å². The predicted molar refractivity (Wildman–Crippen MR) is 126 cm³/mol. The van der Waals surface area contributed by atoms with Crippen LogP contribution in [0.1, 0.15) is 62.3 Å². The Bertz CT molecular complexity index is 1140. The molecule has 1 amide bonds. The van der Waals surface area contributed by atoms with E-state index in [4.69, 9.17) is 9.47 Å². The minimum Gasteiger partial charge on any atom is -0.494 e. The van der Waals surface area contributed by atoms with Crippen LogP contribution in [0.25, 0.3) is 5.69 Å². The van der Waals surface area contributed by atoms with Gasteiger partial charge in [0, 0.05) is 6.07 Å². The van der Waals surface area contributed by atoms with Crippen molar-refractivity contribution in [2.24, 2.45) is 0 Å². The molecule has 2 aromatic carbocycles. The lowest BCUT2D eigenvalue weighted by Gasteiger charge is -2.21. The SMILES string of the molecule is CCCCOc1ccc(C(C)(C)C)cc1NC(=O)c1nnn(-c2cc(F)ccc2OC)c1C. The van der Waals surface area contributed by atoms with Crippen LogP contribution in [-0.4, -0.2) is 34.6 Å². The first kappa shape index (κ1) is 24.2. The van der Waals surface area contributed by atoms with Crippen molar-refractivity contribution in [3.05, 3.63) is 59.2 Å². The topological polar surface area (TPSA) is 78.3 Å². The number of halogens is 1. The molecule has 0 spiro atoms. The van der Waals surface area contributed by atoms with Gasteiger partial charge in [0.05, 0.1) is 25.1 Å². The predicted octanol–water partition coefficient (Wildman–Crippen LogP) is 5.45. The zero-order chi connectivity index (χ0) is 24.2. The van der Waals surface area contributed by atoms with Crippen LogP contribution in [0.4, 0.5) is 10.1 Å². The van der Waals surface area contributed by atoms with Crippen molar-refractivity contribution < 1.29 is 18.7 Å². The van der Waals surface area contributed by atoms with Crippen LogP contribution in [0.2, 0.25) is 0 Å². The van der Waals surface area contributed by atoms with Gasteiger partial charge in [-0.25, -0.2) is 9.07 Å². The average molecular weight is 455 g/mol. The average Bonchev–Trinajstić information content (AvgIpc) is 3.15. The Labute approximate surface area is 193 Å². The highest BCUT2D eigenvalue weighted by Crippen LogP contribution is 2.32. The van der Waals surface area contributed by atoms with Crippen LogP contribution in [0.3, 0.4) is 0 Å². The number of hydrogen-bond acceptors (Lipinski definition) is 5. The summed E-state index contributed by atoms with van der Waals surface area (Å²) in [5, 5.41) is 11.0. The zero-order valence-corrected chi connectivity index (χ0v) is 20.0. The molecule has 0 radical (unpaired) electrons. The minimum absolute atomic E-state index is 0.103. The van der Waals surface area contributed by atoms with E-state index >= 15 is 0 Å². The van der Waals surface area contributed by atoms with Crippen LogP contribution in [0.15, 0.2) is 36.4 Å². The van der Waals surface area contributed by atoms with E-state index in [1.807, 2.05) is 18.2 Å². The van der Waals surface area contributed by atoms with E-state index in [1.54, 1.807) is 6.92 Å². The lowest BCUT2D eigenvalue weighted by Crippen LogP contribution is -2.17. The van der Waals surface area contributed by atoms with Gasteiger partial charge < -0.3 is 14.8 Å². The smallest absolute Gasteiger partial charge is 0.278 e. The summed E-state index contributed by atoms with van der Waals surface area (Å²) in [5.41, 5.74) is 2.47. The van der Waals surface area contributed by atoms with Gasteiger partial charge in [0.2, 0.25) is 0 Å². The number of benzene rings is 2. The molecule has 33 heavy (non-hydrogen) atoms. The molecule has 3 rings (SSSR count). The quantitative estimate of drug-likeness (QED) is 0.458. The number of aromatic nitrogens is 3. The molecular weight excluding hydrogens is 423 g/mol. The van der Waals surface area contributed by atoms with E-state index in [1.165, 1.54) is 30.0 Å². The van der Waals surface area contributed by atoms with Crippen LogP contribution in [-0.2, 0) is 5.41 Å². The highest BCUT2D eigenvalue weighted by atomic mass is 19.1. The van der Waals surface area contributed by atoms with E-state index in [-0.39, 0.29) is 11.1 Å². The van der Waals surface area contributed by atoms with Crippen molar-refractivity contribution in [3.8, 4) is 17.2 Å². The first-order valence-corrected chi connectivity index (χ1v) is 11.0. The molecular formula is C25H31FN4O3. The van der Waals surface area contributed by atoms with Crippen molar-refractivity contribution in [3.63, 3.8) is 0 Å². The minimum atomic E-state index is -0.445. The molecule has 0 aliphatic heterocycles. The van der Waals surface area contributed by atoms with Crippen LogP contribution >= 0.6 is 0 Å². The van der Waals surface area contributed by atoms with Crippen molar-refractivity contribution in [2.45, 2.75) is 52.9 Å². The summed E-state index contributed by atoms with van der Waals surface area (Å²) in [6.07, 6.45) is 1.92. The summed E-state index contributed by atoms with van der Waals surface area (Å²) in [6, 6.07) is 9.90. The molecule has 0 aliphatic rings. The molecule has 7 nitrogen and oxygen atoms in total. The van der Waals surface area contributed by atoms with Crippen molar-refractivity contribution in [1.82, 2.24) is 15.0 Å². The maximum absolute atomic E-state index is 13.8. The number of carbonyl (C=O) groups is 1. The highest BCUT2D eigenvalue weighted by molar-refractivity contribution is 6.04. The summed E-state index contributed by atoms with van der Waals surface area (Å²) in [5.74, 6) is 0.141. The molecule has 0 aliphatic carbocycles. The summed E-state index contributed by atoms with van der Waals surface area (Å²) >= 11 is 0. The molecule has 0 saturated carbocycles. The molecule has 0 bridgehead atoms. The molecule has 3 aromatic rings. The molecule has 0 unspecified atom stereocenters. The third-order valence-electron chi connectivity index (χ3n) is 5.33. The third-order valence-corrected chi connectivity index (χ3v) is 5.33. The summed E-state index contributed by atoms with van der Waals surface area (Å²) in [6.45, 7) is 10.7. The molecule has 0 atom stereocenters. The first-order chi connectivity index (χ1) is 15.7. The number of nitrogens with one attached hydrogen (secondary N) is 1. The number of ether oxygens (including phenoxy) is 2. The molecule has 1 aromatic heterocycles. The third kappa shape index (κ3) is 5.50. The number of nitrogens with zero attached hydrogens (tertiary/aromatic N) is 3. The summed E-state index contributed by atoms with van der Waals surface area (Å²) in [4.78, 5) is 13.2. The molecule has 1 N–H and O–H groups in total. The van der Waals surface area contributed by atoms with E-state index in [2.05, 4.69) is 43.3 Å². The monoisotopic (exact) mass is 454 g/mol. The number of hydrogen-bond donors (Lipinski definition) is 1. The maximum atomic E-state index is 13.8. The highest BCUT2D eigenvalue weighted by Gasteiger charge is 2.22. The van der Waals surface area contributed by atoms with Gasteiger partial charge in [-0.1, -0.05) is 45.4 Å². The van der Waals surface area contributed by atoms with E-state index in [9.17, 15) is 9.18 Å². The Kier molecular flexibility index (Phi) is 7.36. The Balaban J connectivity index is 1.94. The molecule has 0 saturated heterocycles. The molecule has 8 heteroatoms. The van der Waals surface area contributed by atoms with Gasteiger partial charge in [-0.3, -0.25) is 4.79 Å². The standard InChI is InChI=1S/C25H31FN4O3/c1-7-8-13-33-21-11-9-17(25(3,4)5)14-19(21)27-24(31)23-16(2)30(29-28-23)20-15-18(26)10-12-22(20)32-6/h9-12,14-15H,7-8,13H2,1-6H3,(H,27,31). The Hall–Kier alpha value is -3.42. The maximum Gasteiger partial charge on any atom is 0.278 e. The number of rotatable bonds is 8. The Morgan fingerprint density at radius 3 is 2.55 bits per heavy atom. The van der Waals surface area contributed by atoms with E-state index in [0.717, 1.165) is 18.4 Å². The van der Waals surface area contributed by atoms with Crippen molar-refractivity contribution in [2.75, 3.05) is 19.0 Å². The van der Waals surface area contributed by atoms with Crippen LogP contribution in [0.5, 0.6) is 11.5 Å². The Morgan fingerprint density at radius 1 is 1.15 bits per heavy atom. The largest absolute Gasteiger partial charge is 0.494 e. The fourth-order valence-electron chi connectivity index (χ4n) is 3.32. The van der Waals surface area contributed by atoms with E-state index in [0.29, 0.717) is 35.2 Å². The number of methoxy groups -OCH3 is 1. The summed E-state index contributed by atoms with van der Waals surface area (Å²) < 4.78 is 26.5. The number of unbranched alkanes of at least 4 members (excludes halogenated alkanes) is 1. The van der Waals surface area contributed by atoms with Gasteiger partial charge in [0.1, 0.15) is 23.0 Å². The fourth-order valence-corrected chi connectivity index (χ4v) is 3.32. The van der Waals surface area contributed by atoms with Crippen molar-refractivity contribution >= 4 is 11.6 Å². The zero-order valence-electron chi connectivity index (χ0n) is 20.0. The number of carbonyl (C=O) groups excluding carboxylic acids is 1. The second kappa shape index (κ2) is 10.0. The summed E-state index contributed by atoms with van der Waals surface area (Å²) in [7, 11) is 1.49. The van der Waals surface area contributed by atoms with E-state index < -0.39 is 11.7 Å². The fraction of sp³-hybridized carbons (Fsp3) is 0.400. The lowest BCUT2D eigenvalue weighted by molar-refractivity contribution is 0.102. The number of amides is 1.